The van der Waals surface area contributed by atoms with E-state index in [0.29, 0.717) is 37.2 Å². The smallest absolute Gasteiger partial charge is 0.158 e. The molecule has 0 saturated carbocycles. The molecule has 0 aliphatic heterocycles. The van der Waals surface area contributed by atoms with Gasteiger partial charge in [0.25, 0.3) is 0 Å². The third-order valence-corrected chi connectivity index (χ3v) is 1.93. The lowest BCUT2D eigenvalue weighted by Gasteiger charge is -2.10. The Morgan fingerprint density at radius 2 is 2.18 bits per heavy atom. The molecule has 0 radical (unpaired) electrons. The summed E-state index contributed by atoms with van der Waals surface area (Å²) in [5, 5.41) is 3.13. The molecule has 0 aliphatic rings. The number of nitrogens with two attached hydrogens (primary N) is 1. The molecule has 96 valence electrons. The first-order valence-electron chi connectivity index (χ1n) is 5.59. The standard InChI is InChI=1S/C11H20N4O2/c1-8(2)17-5-4-13-10-6-9(12)14-11(15-10)7-16-3/h6,8H,4-5,7H2,1-3H3,(H3,12,13,14,15). The van der Waals surface area contributed by atoms with Gasteiger partial charge < -0.3 is 20.5 Å². The van der Waals surface area contributed by atoms with E-state index in [4.69, 9.17) is 15.2 Å². The molecule has 0 bridgehead atoms. The SMILES string of the molecule is COCc1nc(N)cc(NCCOC(C)C)n1. The molecule has 1 aromatic rings. The highest BCUT2D eigenvalue weighted by Gasteiger charge is 2.02. The minimum absolute atomic E-state index is 0.233. The Kier molecular flexibility index (Phi) is 5.65. The van der Waals surface area contributed by atoms with Gasteiger partial charge in [-0.1, -0.05) is 0 Å². The van der Waals surface area contributed by atoms with E-state index < -0.39 is 0 Å². The molecule has 0 spiro atoms. The number of nitrogens with one attached hydrogen (secondary N) is 1. The van der Waals surface area contributed by atoms with Gasteiger partial charge in [0, 0.05) is 19.7 Å². The molecule has 17 heavy (non-hydrogen) atoms. The van der Waals surface area contributed by atoms with Crippen molar-refractivity contribution in [2.24, 2.45) is 0 Å². The van der Waals surface area contributed by atoms with Crippen LogP contribution in [0.15, 0.2) is 6.07 Å². The molecule has 3 N–H and O–H groups in total. The molecule has 0 aromatic carbocycles. The lowest BCUT2D eigenvalue weighted by molar-refractivity contribution is 0.0870. The fourth-order valence-electron chi connectivity index (χ4n) is 1.28. The Hall–Kier alpha value is -1.40. The van der Waals surface area contributed by atoms with E-state index in [0.717, 1.165) is 0 Å². The maximum atomic E-state index is 5.66. The first-order chi connectivity index (χ1) is 8.11. The Bertz CT molecular complexity index is 344. The monoisotopic (exact) mass is 240 g/mol. The zero-order chi connectivity index (χ0) is 12.7. The van der Waals surface area contributed by atoms with Gasteiger partial charge >= 0.3 is 0 Å². The van der Waals surface area contributed by atoms with E-state index in [1.165, 1.54) is 0 Å². The summed E-state index contributed by atoms with van der Waals surface area (Å²) in [6, 6.07) is 1.69. The van der Waals surface area contributed by atoms with Gasteiger partial charge in [-0.2, -0.15) is 0 Å². The minimum Gasteiger partial charge on any atom is -0.384 e. The van der Waals surface area contributed by atoms with Crippen LogP contribution in [0, 0.1) is 0 Å². The van der Waals surface area contributed by atoms with Gasteiger partial charge in [-0.25, -0.2) is 9.97 Å². The Morgan fingerprint density at radius 1 is 1.41 bits per heavy atom. The van der Waals surface area contributed by atoms with Crippen molar-refractivity contribution in [2.75, 3.05) is 31.3 Å². The van der Waals surface area contributed by atoms with E-state index in [-0.39, 0.29) is 6.10 Å². The van der Waals surface area contributed by atoms with E-state index in [1.54, 1.807) is 13.2 Å². The summed E-state index contributed by atoms with van der Waals surface area (Å²) in [6.07, 6.45) is 0.233. The average molecular weight is 240 g/mol. The van der Waals surface area contributed by atoms with E-state index in [9.17, 15) is 0 Å². The van der Waals surface area contributed by atoms with Gasteiger partial charge in [0.1, 0.15) is 18.2 Å². The molecular formula is C11H20N4O2. The Morgan fingerprint density at radius 3 is 2.82 bits per heavy atom. The lowest BCUT2D eigenvalue weighted by atomic mass is 10.4. The summed E-state index contributed by atoms with van der Waals surface area (Å²) in [5.41, 5.74) is 5.66. The first-order valence-corrected chi connectivity index (χ1v) is 5.59. The number of methoxy groups -OCH3 is 1. The van der Waals surface area contributed by atoms with Crippen LogP contribution in [0.4, 0.5) is 11.6 Å². The summed E-state index contributed by atoms with van der Waals surface area (Å²) >= 11 is 0. The van der Waals surface area contributed by atoms with Crippen LogP contribution in [0.5, 0.6) is 0 Å². The van der Waals surface area contributed by atoms with Crippen molar-refractivity contribution in [2.45, 2.75) is 26.6 Å². The number of aromatic nitrogens is 2. The van der Waals surface area contributed by atoms with Crippen molar-refractivity contribution in [1.82, 2.24) is 9.97 Å². The fraction of sp³-hybridized carbons (Fsp3) is 0.636. The number of hydrogen-bond donors (Lipinski definition) is 2. The van der Waals surface area contributed by atoms with Crippen LogP contribution in [0.1, 0.15) is 19.7 Å². The van der Waals surface area contributed by atoms with Crippen molar-refractivity contribution in [3.05, 3.63) is 11.9 Å². The van der Waals surface area contributed by atoms with Crippen LogP contribution in [-0.2, 0) is 16.1 Å². The predicted molar refractivity (Wildman–Crippen MR) is 66.7 cm³/mol. The van der Waals surface area contributed by atoms with Crippen LogP contribution >= 0.6 is 0 Å². The minimum atomic E-state index is 0.233. The highest BCUT2D eigenvalue weighted by Crippen LogP contribution is 2.08. The first kappa shape index (κ1) is 13.7. The summed E-state index contributed by atoms with van der Waals surface area (Å²) in [4.78, 5) is 8.31. The van der Waals surface area contributed by atoms with E-state index >= 15 is 0 Å². The van der Waals surface area contributed by atoms with Crippen LogP contribution in [0.25, 0.3) is 0 Å². The highest BCUT2D eigenvalue weighted by molar-refractivity contribution is 5.44. The van der Waals surface area contributed by atoms with Crippen LogP contribution in [0.2, 0.25) is 0 Å². The zero-order valence-electron chi connectivity index (χ0n) is 10.6. The molecule has 0 fully saturated rings. The number of nitrogens with zero attached hydrogens (tertiary/aromatic N) is 2. The quantitative estimate of drug-likeness (QED) is 0.693. The average Bonchev–Trinajstić information content (AvgIpc) is 2.24. The lowest BCUT2D eigenvalue weighted by Crippen LogP contribution is -2.15. The molecule has 0 amide bonds. The predicted octanol–water partition coefficient (Wildman–Crippen LogP) is 1.04. The van der Waals surface area contributed by atoms with Crippen molar-refractivity contribution in [1.29, 1.82) is 0 Å². The van der Waals surface area contributed by atoms with Crippen molar-refractivity contribution >= 4 is 11.6 Å². The van der Waals surface area contributed by atoms with Crippen LogP contribution < -0.4 is 11.1 Å². The second kappa shape index (κ2) is 7.03. The number of nitrogen functional groups attached to an aromatic ring is 1. The molecule has 6 heteroatoms. The molecule has 1 heterocycles. The van der Waals surface area contributed by atoms with Gasteiger partial charge in [0.05, 0.1) is 12.7 Å². The third-order valence-electron chi connectivity index (χ3n) is 1.93. The zero-order valence-corrected chi connectivity index (χ0v) is 10.6. The summed E-state index contributed by atoms with van der Waals surface area (Å²) in [7, 11) is 1.59. The van der Waals surface area contributed by atoms with Crippen molar-refractivity contribution < 1.29 is 9.47 Å². The van der Waals surface area contributed by atoms with Crippen molar-refractivity contribution in [3.63, 3.8) is 0 Å². The van der Waals surface area contributed by atoms with E-state index in [2.05, 4.69) is 15.3 Å². The fourth-order valence-corrected chi connectivity index (χ4v) is 1.28. The second-order valence-electron chi connectivity index (χ2n) is 3.87. The van der Waals surface area contributed by atoms with Crippen molar-refractivity contribution in [3.8, 4) is 0 Å². The summed E-state index contributed by atoms with van der Waals surface area (Å²) in [6.45, 7) is 5.66. The number of hydrogen-bond acceptors (Lipinski definition) is 6. The molecule has 0 atom stereocenters. The van der Waals surface area contributed by atoms with Gasteiger partial charge in [0.15, 0.2) is 5.82 Å². The number of anilines is 2. The largest absolute Gasteiger partial charge is 0.384 e. The van der Waals surface area contributed by atoms with Crippen LogP contribution in [-0.4, -0.2) is 36.3 Å². The molecular weight excluding hydrogens is 220 g/mol. The highest BCUT2D eigenvalue weighted by atomic mass is 16.5. The maximum absolute atomic E-state index is 5.66. The normalized spacial score (nSPS) is 10.8. The summed E-state index contributed by atoms with van der Waals surface area (Å²) < 4.78 is 10.4. The van der Waals surface area contributed by atoms with Gasteiger partial charge in [-0.15, -0.1) is 0 Å². The molecule has 6 nitrogen and oxygen atoms in total. The van der Waals surface area contributed by atoms with Crippen LogP contribution in [0.3, 0.4) is 0 Å². The van der Waals surface area contributed by atoms with E-state index in [1.807, 2.05) is 13.8 Å². The number of rotatable bonds is 7. The molecule has 1 rings (SSSR count). The molecule has 0 aliphatic carbocycles. The Balaban J connectivity index is 2.46. The van der Waals surface area contributed by atoms with Gasteiger partial charge in [-0.05, 0) is 13.8 Å². The van der Waals surface area contributed by atoms with Gasteiger partial charge in [-0.3, -0.25) is 0 Å². The Labute approximate surface area is 102 Å². The van der Waals surface area contributed by atoms with Gasteiger partial charge in [0.2, 0.25) is 0 Å². The number of ether oxygens (including phenoxy) is 2. The molecule has 0 unspecified atom stereocenters. The maximum Gasteiger partial charge on any atom is 0.158 e. The molecule has 1 aromatic heterocycles. The third kappa shape index (κ3) is 5.46. The summed E-state index contributed by atoms with van der Waals surface area (Å²) in [5.74, 6) is 1.69. The topological polar surface area (TPSA) is 82.3 Å². The molecule has 0 saturated heterocycles. The second-order valence-corrected chi connectivity index (χ2v) is 3.87.